The molecular weight excluding hydrogens is 348 g/mol. The zero-order valence-corrected chi connectivity index (χ0v) is 14.3. The number of benzene rings is 2. The molecule has 0 saturated heterocycles. The number of halogens is 2. The third kappa shape index (κ3) is 3.44. The van der Waals surface area contributed by atoms with Crippen molar-refractivity contribution in [2.45, 2.75) is 31.8 Å². The summed E-state index contributed by atoms with van der Waals surface area (Å²) in [5.41, 5.74) is 3.90. The molecule has 2 unspecified atom stereocenters. The van der Waals surface area contributed by atoms with E-state index in [1.54, 1.807) is 0 Å². The largest absolute Gasteiger partial charge is 0.490 e. The van der Waals surface area contributed by atoms with Gasteiger partial charge in [0.2, 0.25) is 0 Å². The van der Waals surface area contributed by atoms with E-state index in [9.17, 15) is 0 Å². The molecule has 1 aliphatic rings. The molecule has 2 atom stereocenters. The second-order valence-corrected chi connectivity index (χ2v) is 6.78. The highest BCUT2D eigenvalue weighted by Gasteiger charge is 2.26. The average Bonchev–Trinajstić information content (AvgIpc) is 2.86. The molecule has 0 aliphatic carbocycles. The van der Waals surface area contributed by atoms with E-state index in [4.69, 9.17) is 16.3 Å². The summed E-state index contributed by atoms with van der Waals surface area (Å²) in [5, 5.41) is 1.72. The molecule has 0 N–H and O–H groups in total. The smallest absolute Gasteiger partial charge is 0.123 e. The summed E-state index contributed by atoms with van der Waals surface area (Å²) in [6.07, 6.45) is 2.25. The molecule has 0 fully saturated rings. The first kappa shape index (κ1) is 14.9. The van der Waals surface area contributed by atoms with Crippen LogP contribution in [0.15, 0.2) is 42.5 Å². The Morgan fingerprint density at radius 3 is 2.90 bits per heavy atom. The van der Waals surface area contributed by atoms with Crippen LogP contribution < -0.4 is 4.74 Å². The van der Waals surface area contributed by atoms with E-state index in [1.807, 2.05) is 12.1 Å². The number of fused-ring (bicyclic) bond motifs is 1. The van der Waals surface area contributed by atoms with Crippen molar-refractivity contribution in [3.63, 3.8) is 0 Å². The molecule has 0 saturated carbocycles. The predicted molar refractivity (Wildman–Crippen MR) is 91.9 cm³/mol. The highest BCUT2D eigenvalue weighted by atomic mass is 79.9. The van der Waals surface area contributed by atoms with Gasteiger partial charge in [0.1, 0.15) is 11.9 Å². The first-order valence-electron chi connectivity index (χ1n) is 7.23. The van der Waals surface area contributed by atoms with Gasteiger partial charge in [0.25, 0.3) is 0 Å². The Morgan fingerprint density at radius 1 is 1.29 bits per heavy atom. The van der Waals surface area contributed by atoms with Gasteiger partial charge < -0.3 is 4.74 Å². The monoisotopic (exact) mass is 364 g/mol. The van der Waals surface area contributed by atoms with E-state index in [-0.39, 0.29) is 6.10 Å². The quantitative estimate of drug-likeness (QED) is 0.648. The molecule has 110 valence electrons. The third-order valence-electron chi connectivity index (χ3n) is 4.01. The van der Waals surface area contributed by atoms with Crippen molar-refractivity contribution in [2.75, 3.05) is 5.33 Å². The van der Waals surface area contributed by atoms with Gasteiger partial charge in [0.15, 0.2) is 0 Å². The van der Waals surface area contributed by atoms with Crippen LogP contribution in [0, 0.1) is 6.92 Å². The van der Waals surface area contributed by atoms with Crippen LogP contribution in [0.5, 0.6) is 5.75 Å². The Balaban J connectivity index is 1.72. The number of alkyl halides is 1. The summed E-state index contributed by atoms with van der Waals surface area (Å²) in [4.78, 5) is 0. The van der Waals surface area contributed by atoms with Crippen LogP contribution in [0.25, 0.3) is 0 Å². The van der Waals surface area contributed by atoms with Crippen LogP contribution in [0.1, 0.15) is 29.0 Å². The van der Waals surface area contributed by atoms with Crippen LogP contribution in [-0.4, -0.2) is 11.4 Å². The Bertz CT molecular complexity index is 641. The van der Waals surface area contributed by atoms with E-state index in [1.165, 1.54) is 16.7 Å². The van der Waals surface area contributed by atoms with Gasteiger partial charge in [-0.1, -0.05) is 57.4 Å². The molecule has 0 bridgehead atoms. The molecule has 2 aromatic rings. The summed E-state index contributed by atoms with van der Waals surface area (Å²) in [5.74, 6) is 1.47. The molecule has 3 heteroatoms. The van der Waals surface area contributed by atoms with E-state index in [0.29, 0.717) is 5.92 Å². The predicted octanol–water partition coefficient (Wildman–Crippen LogP) is 5.52. The van der Waals surface area contributed by atoms with Crippen molar-refractivity contribution in [3.8, 4) is 5.75 Å². The molecule has 0 amide bonds. The van der Waals surface area contributed by atoms with E-state index in [2.05, 4.69) is 53.2 Å². The lowest BCUT2D eigenvalue weighted by Crippen LogP contribution is -2.18. The zero-order chi connectivity index (χ0) is 14.8. The van der Waals surface area contributed by atoms with Crippen molar-refractivity contribution in [2.24, 2.45) is 0 Å². The molecular formula is C18H18BrClO. The van der Waals surface area contributed by atoms with Gasteiger partial charge >= 0.3 is 0 Å². The van der Waals surface area contributed by atoms with Crippen LogP contribution in [0.2, 0.25) is 5.02 Å². The first-order valence-corrected chi connectivity index (χ1v) is 8.73. The second kappa shape index (κ2) is 6.41. The Morgan fingerprint density at radius 2 is 2.14 bits per heavy atom. The number of rotatable bonds is 4. The minimum atomic E-state index is 0.253. The normalized spacial score (nSPS) is 18.1. The Labute approximate surface area is 139 Å². The fourth-order valence-electron chi connectivity index (χ4n) is 2.95. The standard InChI is InChI=1S/C18H18BrClO/c1-12-5-6-18-14(7-12)9-17(21-18)10-15(11-19)13-3-2-4-16(20)8-13/h2-8,15,17H,9-11H2,1H3. The maximum Gasteiger partial charge on any atom is 0.123 e. The van der Waals surface area contributed by atoms with E-state index >= 15 is 0 Å². The van der Waals surface area contributed by atoms with Gasteiger partial charge in [0.05, 0.1) is 0 Å². The van der Waals surface area contributed by atoms with Crippen molar-refractivity contribution in [1.82, 2.24) is 0 Å². The summed E-state index contributed by atoms with van der Waals surface area (Å²) < 4.78 is 6.09. The summed E-state index contributed by atoms with van der Waals surface area (Å²) in [6, 6.07) is 14.6. The molecule has 1 nitrogen and oxygen atoms in total. The maximum absolute atomic E-state index is 6.11. The maximum atomic E-state index is 6.11. The number of aryl methyl sites for hydroxylation is 1. The fraction of sp³-hybridized carbons (Fsp3) is 0.333. The van der Waals surface area contributed by atoms with Crippen molar-refractivity contribution >= 4 is 27.5 Å². The van der Waals surface area contributed by atoms with Gasteiger partial charge in [-0.25, -0.2) is 0 Å². The topological polar surface area (TPSA) is 9.23 Å². The molecule has 2 aromatic carbocycles. The molecule has 1 heterocycles. The van der Waals surface area contributed by atoms with Crippen LogP contribution in [0.4, 0.5) is 0 Å². The summed E-state index contributed by atoms with van der Waals surface area (Å²) >= 11 is 9.74. The minimum absolute atomic E-state index is 0.253. The van der Waals surface area contributed by atoms with Gasteiger partial charge in [-0.2, -0.15) is 0 Å². The lowest BCUT2D eigenvalue weighted by molar-refractivity contribution is 0.213. The molecule has 0 aromatic heterocycles. The highest BCUT2D eigenvalue weighted by Crippen LogP contribution is 2.35. The Hall–Kier alpha value is -0.990. The molecule has 3 rings (SSSR count). The van der Waals surface area contributed by atoms with Crippen molar-refractivity contribution in [1.29, 1.82) is 0 Å². The first-order chi connectivity index (χ1) is 10.2. The third-order valence-corrected chi connectivity index (χ3v) is 5.03. The zero-order valence-electron chi connectivity index (χ0n) is 12.0. The van der Waals surface area contributed by atoms with Crippen LogP contribution in [0.3, 0.4) is 0 Å². The van der Waals surface area contributed by atoms with Gasteiger partial charge in [-0.15, -0.1) is 0 Å². The van der Waals surface area contributed by atoms with E-state index < -0.39 is 0 Å². The van der Waals surface area contributed by atoms with Crippen LogP contribution in [-0.2, 0) is 6.42 Å². The summed E-state index contributed by atoms with van der Waals surface area (Å²) in [6.45, 7) is 2.13. The minimum Gasteiger partial charge on any atom is -0.490 e. The lowest BCUT2D eigenvalue weighted by atomic mass is 9.93. The number of ether oxygens (including phenoxy) is 1. The lowest BCUT2D eigenvalue weighted by Gasteiger charge is -2.19. The van der Waals surface area contributed by atoms with Crippen LogP contribution >= 0.6 is 27.5 Å². The molecule has 1 aliphatic heterocycles. The molecule has 0 radical (unpaired) electrons. The fourth-order valence-corrected chi connectivity index (χ4v) is 3.78. The Kier molecular flexibility index (Phi) is 4.56. The number of hydrogen-bond donors (Lipinski definition) is 0. The van der Waals surface area contributed by atoms with Crippen molar-refractivity contribution < 1.29 is 4.74 Å². The summed E-state index contributed by atoms with van der Waals surface area (Å²) in [7, 11) is 0. The van der Waals surface area contributed by atoms with Gasteiger partial charge in [-0.3, -0.25) is 0 Å². The van der Waals surface area contributed by atoms with E-state index in [0.717, 1.165) is 28.9 Å². The average molecular weight is 366 g/mol. The molecule has 21 heavy (non-hydrogen) atoms. The van der Waals surface area contributed by atoms with Gasteiger partial charge in [0, 0.05) is 16.8 Å². The number of hydrogen-bond acceptors (Lipinski definition) is 1. The highest BCUT2D eigenvalue weighted by molar-refractivity contribution is 9.09. The van der Waals surface area contributed by atoms with Gasteiger partial charge in [-0.05, 0) is 48.6 Å². The van der Waals surface area contributed by atoms with Crippen molar-refractivity contribution in [3.05, 3.63) is 64.2 Å². The SMILES string of the molecule is Cc1ccc2c(c1)CC(CC(CBr)c1cccc(Cl)c1)O2. The molecule has 0 spiro atoms. The second-order valence-electron chi connectivity index (χ2n) is 5.70.